The van der Waals surface area contributed by atoms with Gasteiger partial charge in [-0.15, -0.1) is 0 Å². The van der Waals surface area contributed by atoms with E-state index < -0.39 is 0 Å². The Labute approximate surface area is 136 Å². The lowest BCUT2D eigenvalue weighted by atomic mass is 10.0. The maximum absolute atomic E-state index is 12.4. The monoisotopic (exact) mass is 311 g/mol. The second kappa shape index (κ2) is 7.18. The molecule has 0 fully saturated rings. The zero-order valence-electron chi connectivity index (χ0n) is 13.2. The molecule has 0 bridgehead atoms. The van der Waals surface area contributed by atoms with Crippen LogP contribution in [0.15, 0.2) is 48.5 Å². The SMILES string of the molecule is CC[C@H](NC(=O)c1ccccc1)c1ccc2c(c1)OCCCO2. The van der Waals surface area contributed by atoms with Crippen molar-refractivity contribution in [1.82, 2.24) is 5.32 Å². The first kappa shape index (κ1) is 15.4. The molecule has 0 spiro atoms. The highest BCUT2D eigenvalue weighted by atomic mass is 16.5. The molecule has 4 nitrogen and oxygen atoms in total. The summed E-state index contributed by atoms with van der Waals surface area (Å²) in [7, 11) is 0. The van der Waals surface area contributed by atoms with Crippen LogP contribution in [0.4, 0.5) is 0 Å². The van der Waals surface area contributed by atoms with Crippen LogP contribution >= 0.6 is 0 Å². The summed E-state index contributed by atoms with van der Waals surface area (Å²) in [5.74, 6) is 1.47. The maximum Gasteiger partial charge on any atom is 0.251 e. The normalized spacial score (nSPS) is 14.7. The van der Waals surface area contributed by atoms with Gasteiger partial charge in [0.2, 0.25) is 0 Å². The Balaban J connectivity index is 1.78. The van der Waals surface area contributed by atoms with Crippen LogP contribution in [0.3, 0.4) is 0 Å². The van der Waals surface area contributed by atoms with Crippen LogP contribution in [0, 0.1) is 0 Å². The molecule has 2 aromatic carbocycles. The molecule has 2 aromatic rings. The highest BCUT2D eigenvalue weighted by Crippen LogP contribution is 2.33. The van der Waals surface area contributed by atoms with Crippen LogP contribution < -0.4 is 14.8 Å². The van der Waals surface area contributed by atoms with E-state index >= 15 is 0 Å². The van der Waals surface area contributed by atoms with Gasteiger partial charge in [-0.05, 0) is 36.2 Å². The van der Waals surface area contributed by atoms with Crippen molar-refractivity contribution in [2.75, 3.05) is 13.2 Å². The summed E-state index contributed by atoms with van der Waals surface area (Å²) in [5, 5.41) is 3.09. The lowest BCUT2D eigenvalue weighted by molar-refractivity contribution is 0.0935. The van der Waals surface area contributed by atoms with Crippen molar-refractivity contribution in [2.45, 2.75) is 25.8 Å². The topological polar surface area (TPSA) is 47.6 Å². The quantitative estimate of drug-likeness (QED) is 0.936. The standard InChI is InChI=1S/C19H21NO3/c1-2-16(20-19(21)14-7-4-3-5-8-14)15-9-10-17-18(13-15)23-12-6-11-22-17/h3-5,7-10,13,16H,2,6,11-12H2,1H3,(H,20,21)/t16-/m0/s1. The van der Waals surface area contributed by atoms with Crippen LogP contribution in [0.2, 0.25) is 0 Å². The Hall–Kier alpha value is -2.49. The van der Waals surface area contributed by atoms with E-state index in [9.17, 15) is 4.79 Å². The second-order valence-corrected chi connectivity index (χ2v) is 5.56. The van der Waals surface area contributed by atoms with Crippen LogP contribution in [0.25, 0.3) is 0 Å². The van der Waals surface area contributed by atoms with E-state index in [1.807, 2.05) is 48.5 Å². The minimum absolute atomic E-state index is 0.0557. The summed E-state index contributed by atoms with van der Waals surface area (Å²) >= 11 is 0. The molecule has 1 atom stereocenters. The fraction of sp³-hybridized carbons (Fsp3) is 0.316. The van der Waals surface area contributed by atoms with Crippen molar-refractivity contribution in [3.05, 3.63) is 59.7 Å². The van der Waals surface area contributed by atoms with Gasteiger partial charge in [-0.25, -0.2) is 0 Å². The summed E-state index contributed by atoms with van der Waals surface area (Å²) in [6, 6.07) is 15.1. The number of benzene rings is 2. The minimum Gasteiger partial charge on any atom is -0.490 e. The van der Waals surface area contributed by atoms with E-state index in [1.165, 1.54) is 0 Å². The molecule has 1 amide bonds. The molecule has 0 saturated heterocycles. The van der Waals surface area contributed by atoms with Crippen LogP contribution in [0.5, 0.6) is 11.5 Å². The fourth-order valence-corrected chi connectivity index (χ4v) is 2.65. The molecule has 3 rings (SSSR count). The van der Waals surface area contributed by atoms with Crippen molar-refractivity contribution >= 4 is 5.91 Å². The smallest absolute Gasteiger partial charge is 0.251 e. The highest BCUT2D eigenvalue weighted by Gasteiger charge is 2.17. The first-order chi connectivity index (χ1) is 11.3. The molecule has 0 aromatic heterocycles. The Bertz CT molecular complexity index is 670. The molecule has 1 aliphatic heterocycles. The molecule has 1 N–H and O–H groups in total. The van der Waals surface area contributed by atoms with Gasteiger partial charge in [0, 0.05) is 12.0 Å². The third kappa shape index (κ3) is 3.65. The molecule has 1 heterocycles. The number of rotatable bonds is 4. The van der Waals surface area contributed by atoms with Gasteiger partial charge in [-0.3, -0.25) is 4.79 Å². The number of carbonyl (C=O) groups excluding carboxylic acids is 1. The molecule has 23 heavy (non-hydrogen) atoms. The summed E-state index contributed by atoms with van der Waals surface area (Å²) in [4.78, 5) is 12.4. The Kier molecular flexibility index (Phi) is 4.81. The van der Waals surface area contributed by atoms with Gasteiger partial charge >= 0.3 is 0 Å². The predicted molar refractivity (Wildman–Crippen MR) is 89.0 cm³/mol. The number of amides is 1. The van der Waals surface area contributed by atoms with Crippen molar-refractivity contribution in [1.29, 1.82) is 0 Å². The molecular formula is C19H21NO3. The van der Waals surface area contributed by atoms with Crippen LogP contribution in [-0.4, -0.2) is 19.1 Å². The van der Waals surface area contributed by atoms with E-state index in [0.717, 1.165) is 29.9 Å². The van der Waals surface area contributed by atoms with Crippen molar-refractivity contribution < 1.29 is 14.3 Å². The predicted octanol–water partition coefficient (Wildman–Crippen LogP) is 3.73. The van der Waals surface area contributed by atoms with Crippen LogP contribution in [0.1, 0.15) is 41.7 Å². The van der Waals surface area contributed by atoms with E-state index in [1.54, 1.807) is 0 Å². The first-order valence-corrected chi connectivity index (χ1v) is 8.03. The average Bonchev–Trinajstić information content (AvgIpc) is 2.85. The molecule has 1 aliphatic rings. The molecule has 0 unspecified atom stereocenters. The van der Waals surface area contributed by atoms with Crippen molar-refractivity contribution in [3.63, 3.8) is 0 Å². The van der Waals surface area contributed by atoms with Gasteiger partial charge in [0.15, 0.2) is 11.5 Å². The van der Waals surface area contributed by atoms with Gasteiger partial charge in [0.05, 0.1) is 19.3 Å². The van der Waals surface area contributed by atoms with E-state index in [-0.39, 0.29) is 11.9 Å². The van der Waals surface area contributed by atoms with Crippen LogP contribution in [-0.2, 0) is 0 Å². The Morgan fingerprint density at radius 3 is 2.57 bits per heavy atom. The van der Waals surface area contributed by atoms with Crippen molar-refractivity contribution in [2.24, 2.45) is 0 Å². The Morgan fingerprint density at radius 1 is 1.09 bits per heavy atom. The third-order valence-electron chi connectivity index (χ3n) is 3.92. The highest BCUT2D eigenvalue weighted by molar-refractivity contribution is 5.94. The second-order valence-electron chi connectivity index (χ2n) is 5.56. The summed E-state index contributed by atoms with van der Waals surface area (Å²) in [6.45, 7) is 3.39. The van der Waals surface area contributed by atoms with Gasteiger partial charge in [0.1, 0.15) is 0 Å². The molecule has 120 valence electrons. The Morgan fingerprint density at radius 2 is 1.83 bits per heavy atom. The van der Waals surface area contributed by atoms with Gasteiger partial charge in [-0.2, -0.15) is 0 Å². The lowest BCUT2D eigenvalue weighted by Crippen LogP contribution is -2.28. The number of nitrogens with one attached hydrogen (secondary N) is 1. The largest absolute Gasteiger partial charge is 0.490 e. The van der Waals surface area contributed by atoms with E-state index in [2.05, 4.69) is 12.2 Å². The average molecular weight is 311 g/mol. The molecular weight excluding hydrogens is 290 g/mol. The molecule has 0 saturated carbocycles. The number of hydrogen-bond acceptors (Lipinski definition) is 3. The first-order valence-electron chi connectivity index (χ1n) is 8.03. The van der Waals surface area contributed by atoms with Gasteiger partial charge in [0.25, 0.3) is 5.91 Å². The third-order valence-corrected chi connectivity index (χ3v) is 3.92. The summed E-state index contributed by atoms with van der Waals surface area (Å²) < 4.78 is 11.4. The van der Waals surface area contributed by atoms with E-state index in [4.69, 9.17) is 9.47 Å². The number of hydrogen-bond donors (Lipinski definition) is 1. The number of carbonyl (C=O) groups is 1. The number of fused-ring (bicyclic) bond motifs is 1. The number of ether oxygens (including phenoxy) is 2. The zero-order chi connectivity index (χ0) is 16.1. The van der Waals surface area contributed by atoms with Crippen molar-refractivity contribution in [3.8, 4) is 11.5 Å². The summed E-state index contributed by atoms with van der Waals surface area (Å²) in [5.41, 5.74) is 1.70. The van der Waals surface area contributed by atoms with E-state index in [0.29, 0.717) is 18.8 Å². The lowest BCUT2D eigenvalue weighted by Gasteiger charge is -2.19. The molecule has 0 aliphatic carbocycles. The summed E-state index contributed by atoms with van der Waals surface area (Å²) in [6.07, 6.45) is 1.68. The zero-order valence-corrected chi connectivity index (χ0v) is 13.2. The van der Waals surface area contributed by atoms with Gasteiger partial charge in [-0.1, -0.05) is 31.2 Å². The fourth-order valence-electron chi connectivity index (χ4n) is 2.65. The van der Waals surface area contributed by atoms with Gasteiger partial charge < -0.3 is 14.8 Å². The minimum atomic E-state index is -0.0652. The molecule has 4 heteroatoms. The maximum atomic E-state index is 12.4. The molecule has 0 radical (unpaired) electrons.